The highest BCUT2D eigenvalue weighted by molar-refractivity contribution is 9.10. The van der Waals surface area contributed by atoms with Crippen molar-refractivity contribution in [1.82, 2.24) is 0 Å². The lowest BCUT2D eigenvalue weighted by Gasteiger charge is -2.14. The van der Waals surface area contributed by atoms with Gasteiger partial charge in [-0.25, -0.2) is 0 Å². The SMILES string of the molecule is CCOc1ccc(C(O)c2cccc(Cl)c2)cc1Br. The molecule has 2 nitrogen and oxygen atoms in total. The third kappa shape index (κ3) is 3.50. The molecule has 1 atom stereocenters. The summed E-state index contributed by atoms with van der Waals surface area (Å²) in [4.78, 5) is 0. The van der Waals surface area contributed by atoms with Gasteiger partial charge in [0, 0.05) is 5.02 Å². The molecule has 1 unspecified atom stereocenters. The van der Waals surface area contributed by atoms with E-state index in [0.717, 1.165) is 21.3 Å². The van der Waals surface area contributed by atoms with Crippen LogP contribution in [0.5, 0.6) is 5.75 Å². The number of hydrogen-bond donors (Lipinski definition) is 1. The minimum Gasteiger partial charge on any atom is -0.493 e. The summed E-state index contributed by atoms with van der Waals surface area (Å²) in [5, 5.41) is 11.0. The monoisotopic (exact) mass is 340 g/mol. The van der Waals surface area contributed by atoms with E-state index < -0.39 is 6.10 Å². The summed E-state index contributed by atoms with van der Waals surface area (Å²) in [6.45, 7) is 2.54. The molecule has 2 aromatic rings. The summed E-state index contributed by atoms with van der Waals surface area (Å²) < 4.78 is 6.27. The summed E-state index contributed by atoms with van der Waals surface area (Å²) in [5.41, 5.74) is 1.56. The Labute approximate surface area is 126 Å². The molecule has 0 spiro atoms. The number of rotatable bonds is 4. The van der Waals surface area contributed by atoms with Gasteiger partial charge in [0.2, 0.25) is 0 Å². The Morgan fingerprint density at radius 2 is 1.95 bits per heavy atom. The molecule has 0 bridgehead atoms. The average molecular weight is 342 g/mol. The fraction of sp³-hybridized carbons (Fsp3) is 0.200. The summed E-state index contributed by atoms with van der Waals surface area (Å²) in [6, 6.07) is 12.8. The summed E-state index contributed by atoms with van der Waals surface area (Å²) in [7, 11) is 0. The van der Waals surface area contributed by atoms with Crippen LogP contribution in [0.4, 0.5) is 0 Å². The number of aliphatic hydroxyl groups is 1. The van der Waals surface area contributed by atoms with Crippen molar-refractivity contribution in [3.8, 4) is 5.75 Å². The van der Waals surface area contributed by atoms with E-state index in [4.69, 9.17) is 16.3 Å². The summed E-state index contributed by atoms with van der Waals surface area (Å²) >= 11 is 9.38. The Morgan fingerprint density at radius 1 is 1.21 bits per heavy atom. The molecule has 0 saturated carbocycles. The maximum absolute atomic E-state index is 10.3. The van der Waals surface area contributed by atoms with Crippen molar-refractivity contribution >= 4 is 27.5 Å². The molecule has 0 heterocycles. The van der Waals surface area contributed by atoms with E-state index in [1.165, 1.54) is 0 Å². The quantitative estimate of drug-likeness (QED) is 0.882. The van der Waals surface area contributed by atoms with Crippen LogP contribution in [-0.4, -0.2) is 11.7 Å². The molecule has 0 amide bonds. The maximum atomic E-state index is 10.3. The van der Waals surface area contributed by atoms with E-state index in [2.05, 4.69) is 15.9 Å². The van der Waals surface area contributed by atoms with Gasteiger partial charge in [0.1, 0.15) is 11.9 Å². The Morgan fingerprint density at radius 3 is 2.58 bits per heavy atom. The van der Waals surface area contributed by atoms with Crippen LogP contribution in [0.25, 0.3) is 0 Å². The van der Waals surface area contributed by atoms with Gasteiger partial charge in [-0.2, -0.15) is 0 Å². The first-order valence-corrected chi connectivity index (χ1v) is 7.14. The van der Waals surface area contributed by atoms with E-state index in [9.17, 15) is 5.11 Å². The fourth-order valence-corrected chi connectivity index (χ4v) is 2.54. The van der Waals surface area contributed by atoms with Crippen LogP contribution in [0.3, 0.4) is 0 Å². The summed E-state index contributed by atoms with van der Waals surface area (Å²) in [5.74, 6) is 0.768. The van der Waals surface area contributed by atoms with E-state index in [0.29, 0.717) is 11.6 Å². The zero-order valence-corrected chi connectivity index (χ0v) is 12.8. The van der Waals surface area contributed by atoms with E-state index in [1.54, 1.807) is 12.1 Å². The third-order valence-electron chi connectivity index (χ3n) is 2.74. The lowest BCUT2D eigenvalue weighted by Crippen LogP contribution is -2.00. The Hall–Kier alpha value is -1.03. The molecule has 0 radical (unpaired) electrons. The molecule has 0 saturated heterocycles. The average Bonchev–Trinajstić information content (AvgIpc) is 2.40. The van der Waals surface area contributed by atoms with Crippen LogP contribution in [-0.2, 0) is 0 Å². The predicted molar refractivity (Wildman–Crippen MR) is 80.8 cm³/mol. The summed E-state index contributed by atoms with van der Waals surface area (Å²) in [6.07, 6.45) is -0.703. The van der Waals surface area contributed by atoms with E-state index in [-0.39, 0.29) is 0 Å². The molecule has 100 valence electrons. The number of aliphatic hydroxyl groups excluding tert-OH is 1. The lowest BCUT2D eigenvalue weighted by atomic mass is 10.0. The van der Waals surface area contributed by atoms with Crippen molar-refractivity contribution in [3.05, 3.63) is 63.1 Å². The minimum atomic E-state index is -0.703. The van der Waals surface area contributed by atoms with Crippen LogP contribution < -0.4 is 4.74 Å². The molecule has 2 aromatic carbocycles. The maximum Gasteiger partial charge on any atom is 0.133 e. The van der Waals surface area contributed by atoms with Gasteiger partial charge in [-0.15, -0.1) is 0 Å². The highest BCUT2D eigenvalue weighted by Crippen LogP contribution is 2.31. The molecular weight excluding hydrogens is 328 g/mol. The second kappa shape index (κ2) is 6.42. The first kappa shape index (κ1) is 14.4. The van der Waals surface area contributed by atoms with Gasteiger partial charge in [0.15, 0.2) is 0 Å². The highest BCUT2D eigenvalue weighted by atomic mass is 79.9. The topological polar surface area (TPSA) is 29.5 Å². The standard InChI is InChI=1S/C15H14BrClO2/c1-2-19-14-7-6-11(9-13(14)16)15(18)10-4-3-5-12(17)8-10/h3-9,15,18H,2H2,1H3. The number of hydrogen-bond acceptors (Lipinski definition) is 2. The van der Waals surface area contributed by atoms with Crippen LogP contribution in [0.2, 0.25) is 5.02 Å². The molecule has 0 aliphatic heterocycles. The number of halogens is 2. The predicted octanol–water partition coefficient (Wildman–Crippen LogP) is 4.58. The van der Waals surface area contributed by atoms with Gasteiger partial charge < -0.3 is 9.84 Å². The van der Waals surface area contributed by atoms with Crippen molar-refractivity contribution in [2.45, 2.75) is 13.0 Å². The molecule has 0 aliphatic rings. The zero-order valence-electron chi connectivity index (χ0n) is 10.4. The molecular formula is C15H14BrClO2. The van der Waals surface area contributed by atoms with Crippen LogP contribution in [0.15, 0.2) is 46.9 Å². The van der Waals surface area contributed by atoms with Gasteiger partial charge in [0.25, 0.3) is 0 Å². The zero-order chi connectivity index (χ0) is 13.8. The Bertz CT molecular complexity index is 572. The first-order chi connectivity index (χ1) is 9.11. The number of benzene rings is 2. The molecule has 19 heavy (non-hydrogen) atoms. The van der Waals surface area contributed by atoms with E-state index in [1.807, 2.05) is 37.3 Å². The second-order valence-electron chi connectivity index (χ2n) is 4.08. The Kier molecular flexibility index (Phi) is 4.86. The minimum absolute atomic E-state index is 0.606. The van der Waals surface area contributed by atoms with Gasteiger partial charge in [-0.1, -0.05) is 29.8 Å². The normalized spacial score (nSPS) is 12.2. The fourth-order valence-electron chi connectivity index (χ4n) is 1.83. The molecule has 4 heteroatoms. The Balaban J connectivity index is 2.29. The van der Waals surface area contributed by atoms with Crippen molar-refractivity contribution < 1.29 is 9.84 Å². The van der Waals surface area contributed by atoms with Crippen molar-refractivity contribution in [3.63, 3.8) is 0 Å². The second-order valence-corrected chi connectivity index (χ2v) is 5.37. The van der Waals surface area contributed by atoms with Gasteiger partial charge in [-0.3, -0.25) is 0 Å². The smallest absolute Gasteiger partial charge is 0.133 e. The van der Waals surface area contributed by atoms with E-state index >= 15 is 0 Å². The first-order valence-electron chi connectivity index (χ1n) is 5.97. The number of ether oxygens (including phenoxy) is 1. The molecule has 0 fully saturated rings. The molecule has 2 rings (SSSR count). The van der Waals surface area contributed by atoms with Crippen molar-refractivity contribution in [2.75, 3.05) is 6.61 Å². The van der Waals surface area contributed by atoms with Gasteiger partial charge in [0.05, 0.1) is 11.1 Å². The van der Waals surface area contributed by atoms with Crippen LogP contribution in [0, 0.1) is 0 Å². The van der Waals surface area contributed by atoms with Crippen molar-refractivity contribution in [2.24, 2.45) is 0 Å². The van der Waals surface area contributed by atoms with Crippen molar-refractivity contribution in [1.29, 1.82) is 0 Å². The molecule has 0 aromatic heterocycles. The van der Waals surface area contributed by atoms with Gasteiger partial charge >= 0.3 is 0 Å². The van der Waals surface area contributed by atoms with Crippen LogP contribution >= 0.6 is 27.5 Å². The largest absolute Gasteiger partial charge is 0.493 e. The third-order valence-corrected chi connectivity index (χ3v) is 3.59. The highest BCUT2D eigenvalue weighted by Gasteiger charge is 2.12. The lowest BCUT2D eigenvalue weighted by molar-refractivity contribution is 0.220. The van der Waals surface area contributed by atoms with Crippen LogP contribution in [0.1, 0.15) is 24.2 Å². The molecule has 0 aliphatic carbocycles. The molecule has 1 N–H and O–H groups in total. The van der Waals surface area contributed by atoms with Gasteiger partial charge in [-0.05, 0) is 58.2 Å².